The lowest BCUT2D eigenvalue weighted by Crippen LogP contribution is -2.05. The van der Waals surface area contributed by atoms with E-state index in [1.165, 1.54) is 0 Å². The maximum Gasteiger partial charge on any atom is 0.229 e. The summed E-state index contributed by atoms with van der Waals surface area (Å²) in [7, 11) is 0. The van der Waals surface area contributed by atoms with E-state index in [9.17, 15) is 14.6 Å². The molecule has 5 rings (SSSR count). The standard InChI is InChI=1S/C22H21FN8O2/c23-18-13-24-22(28-17-4-2-15-12-26-31(6-8-33)20(15)10-17)29-21(18)27-16-3-1-14-11-25-30(5-7-32)19(14)9-16/h1-4,9-13,32-33H,5-8H2,(H2,24,27,28,29). The van der Waals surface area contributed by atoms with Crippen molar-refractivity contribution in [1.29, 1.82) is 0 Å². The molecule has 0 bridgehead atoms. The molecule has 0 radical (unpaired) electrons. The Kier molecular flexibility index (Phi) is 5.55. The number of halogens is 1. The van der Waals surface area contributed by atoms with Gasteiger partial charge in [-0.1, -0.05) is 0 Å². The first kappa shape index (κ1) is 20.8. The van der Waals surface area contributed by atoms with Crippen LogP contribution in [-0.4, -0.2) is 53.0 Å². The zero-order valence-electron chi connectivity index (χ0n) is 17.5. The Balaban J connectivity index is 1.40. The third-order valence-corrected chi connectivity index (χ3v) is 5.18. The van der Waals surface area contributed by atoms with Gasteiger partial charge < -0.3 is 20.8 Å². The van der Waals surface area contributed by atoms with Gasteiger partial charge in [0.1, 0.15) is 0 Å². The van der Waals surface area contributed by atoms with Crippen molar-refractivity contribution in [2.75, 3.05) is 23.8 Å². The van der Waals surface area contributed by atoms with Crippen molar-refractivity contribution in [3.8, 4) is 0 Å². The molecular formula is C22H21FN8O2. The van der Waals surface area contributed by atoms with E-state index in [2.05, 4.69) is 30.8 Å². The molecule has 0 unspecified atom stereocenters. The van der Waals surface area contributed by atoms with Crippen LogP contribution >= 0.6 is 0 Å². The lowest BCUT2D eigenvalue weighted by Gasteiger charge is -2.10. The Morgan fingerprint density at radius 1 is 0.788 bits per heavy atom. The fourth-order valence-corrected chi connectivity index (χ4v) is 3.62. The summed E-state index contributed by atoms with van der Waals surface area (Å²) in [6.07, 6.45) is 4.54. The highest BCUT2D eigenvalue weighted by atomic mass is 19.1. The van der Waals surface area contributed by atoms with Crippen LogP contribution in [0.4, 0.5) is 27.5 Å². The van der Waals surface area contributed by atoms with Gasteiger partial charge in [0.15, 0.2) is 11.6 Å². The highest BCUT2D eigenvalue weighted by Gasteiger charge is 2.11. The lowest BCUT2D eigenvalue weighted by molar-refractivity contribution is 0.271. The van der Waals surface area contributed by atoms with Crippen LogP contribution in [0.2, 0.25) is 0 Å². The molecule has 5 aromatic rings. The largest absolute Gasteiger partial charge is 0.394 e. The summed E-state index contributed by atoms with van der Waals surface area (Å²) < 4.78 is 17.8. The van der Waals surface area contributed by atoms with Crippen molar-refractivity contribution in [2.24, 2.45) is 0 Å². The summed E-state index contributed by atoms with van der Waals surface area (Å²) in [6.45, 7) is 0.702. The van der Waals surface area contributed by atoms with Crippen LogP contribution in [-0.2, 0) is 13.1 Å². The number of hydrogen-bond donors (Lipinski definition) is 4. The molecule has 33 heavy (non-hydrogen) atoms. The van der Waals surface area contributed by atoms with Crippen LogP contribution in [0.25, 0.3) is 21.8 Å². The molecule has 0 saturated carbocycles. The SMILES string of the molecule is OCCn1ncc2ccc(Nc3ncc(F)c(Nc4ccc5cnn(CCO)c5c4)n3)cc21. The molecule has 11 heteroatoms. The highest BCUT2D eigenvalue weighted by molar-refractivity contribution is 5.84. The molecule has 0 spiro atoms. The number of nitrogens with zero attached hydrogens (tertiary/aromatic N) is 6. The summed E-state index contributed by atoms with van der Waals surface area (Å²) in [5, 5.41) is 34.9. The van der Waals surface area contributed by atoms with E-state index in [0.29, 0.717) is 24.5 Å². The van der Waals surface area contributed by atoms with Crippen LogP contribution in [0.5, 0.6) is 0 Å². The van der Waals surface area contributed by atoms with Gasteiger partial charge in [-0.15, -0.1) is 0 Å². The van der Waals surface area contributed by atoms with Crippen molar-refractivity contribution in [3.05, 3.63) is 60.8 Å². The Morgan fingerprint density at radius 3 is 1.94 bits per heavy atom. The second-order valence-electron chi connectivity index (χ2n) is 7.37. The third-order valence-electron chi connectivity index (χ3n) is 5.18. The van der Waals surface area contributed by atoms with Crippen LogP contribution < -0.4 is 10.6 Å². The Labute approximate surface area is 187 Å². The summed E-state index contributed by atoms with van der Waals surface area (Å²) in [5.74, 6) is -0.356. The molecule has 0 aliphatic carbocycles. The molecule has 2 aromatic carbocycles. The lowest BCUT2D eigenvalue weighted by atomic mass is 10.2. The van der Waals surface area contributed by atoms with Gasteiger partial charge in [-0.2, -0.15) is 15.2 Å². The van der Waals surface area contributed by atoms with Gasteiger partial charge in [0, 0.05) is 22.1 Å². The fourth-order valence-electron chi connectivity index (χ4n) is 3.62. The van der Waals surface area contributed by atoms with E-state index in [-0.39, 0.29) is 25.0 Å². The molecule has 0 saturated heterocycles. The molecule has 3 heterocycles. The molecular weight excluding hydrogens is 427 g/mol. The number of hydrogen-bond acceptors (Lipinski definition) is 8. The van der Waals surface area contributed by atoms with Crippen molar-refractivity contribution >= 4 is 44.9 Å². The first-order valence-corrected chi connectivity index (χ1v) is 10.3. The first-order valence-electron chi connectivity index (χ1n) is 10.3. The number of fused-ring (bicyclic) bond motifs is 2. The number of anilines is 4. The smallest absolute Gasteiger partial charge is 0.229 e. The van der Waals surface area contributed by atoms with Crippen LogP contribution in [0.1, 0.15) is 0 Å². The summed E-state index contributed by atoms with van der Waals surface area (Å²) in [6, 6.07) is 11.1. The van der Waals surface area contributed by atoms with E-state index in [4.69, 9.17) is 0 Å². The monoisotopic (exact) mass is 448 g/mol. The minimum Gasteiger partial charge on any atom is -0.394 e. The first-order chi connectivity index (χ1) is 16.1. The summed E-state index contributed by atoms with van der Waals surface area (Å²) >= 11 is 0. The van der Waals surface area contributed by atoms with E-state index in [1.807, 2.05) is 30.3 Å². The van der Waals surface area contributed by atoms with Crippen molar-refractivity contribution in [3.63, 3.8) is 0 Å². The molecule has 0 atom stereocenters. The number of aromatic nitrogens is 6. The van der Waals surface area contributed by atoms with Gasteiger partial charge in [-0.05, 0) is 36.4 Å². The zero-order valence-corrected chi connectivity index (χ0v) is 17.5. The number of rotatable bonds is 8. The molecule has 0 amide bonds. The normalized spacial score (nSPS) is 11.4. The second-order valence-corrected chi connectivity index (χ2v) is 7.37. The molecule has 10 nitrogen and oxygen atoms in total. The van der Waals surface area contributed by atoms with Gasteiger partial charge in [0.25, 0.3) is 0 Å². The van der Waals surface area contributed by atoms with Gasteiger partial charge in [0.05, 0.1) is 55.9 Å². The van der Waals surface area contributed by atoms with E-state index in [1.54, 1.807) is 27.8 Å². The number of nitrogens with one attached hydrogen (secondary N) is 2. The van der Waals surface area contributed by atoms with Crippen LogP contribution in [0.15, 0.2) is 55.0 Å². The molecule has 0 fully saturated rings. The van der Waals surface area contributed by atoms with Crippen molar-refractivity contribution in [1.82, 2.24) is 29.5 Å². The predicted molar refractivity (Wildman–Crippen MR) is 122 cm³/mol. The molecule has 4 N–H and O–H groups in total. The molecule has 0 aliphatic rings. The van der Waals surface area contributed by atoms with Crippen molar-refractivity contribution in [2.45, 2.75) is 13.1 Å². The van der Waals surface area contributed by atoms with E-state index < -0.39 is 5.82 Å². The highest BCUT2D eigenvalue weighted by Crippen LogP contribution is 2.25. The average molecular weight is 448 g/mol. The fraction of sp³-hybridized carbons (Fsp3) is 0.182. The van der Waals surface area contributed by atoms with Crippen molar-refractivity contribution < 1.29 is 14.6 Å². The van der Waals surface area contributed by atoms with Gasteiger partial charge in [0.2, 0.25) is 5.95 Å². The number of aliphatic hydroxyl groups is 2. The van der Waals surface area contributed by atoms with Gasteiger partial charge in [-0.25, -0.2) is 9.37 Å². The molecule has 0 aliphatic heterocycles. The van der Waals surface area contributed by atoms with E-state index >= 15 is 0 Å². The Hall–Kier alpha value is -4.09. The topological polar surface area (TPSA) is 126 Å². The zero-order chi connectivity index (χ0) is 22.8. The van der Waals surface area contributed by atoms with Gasteiger partial charge >= 0.3 is 0 Å². The molecule has 168 valence electrons. The van der Waals surface area contributed by atoms with Crippen LogP contribution in [0, 0.1) is 5.82 Å². The summed E-state index contributed by atoms with van der Waals surface area (Å²) in [4.78, 5) is 8.32. The quantitative estimate of drug-likeness (QED) is 0.286. The molecule has 3 aromatic heterocycles. The van der Waals surface area contributed by atoms with E-state index in [0.717, 1.165) is 28.0 Å². The summed E-state index contributed by atoms with van der Waals surface area (Å²) in [5.41, 5.74) is 2.99. The minimum atomic E-state index is -0.596. The Morgan fingerprint density at radius 2 is 1.36 bits per heavy atom. The third kappa shape index (κ3) is 4.19. The second kappa shape index (κ2) is 8.81. The van der Waals surface area contributed by atoms with Gasteiger partial charge in [-0.3, -0.25) is 9.36 Å². The number of aliphatic hydroxyl groups excluding tert-OH is 2. The Bertz CT molecular complexity index is 1430. The average Bonchev–Trinajstić information content (AvgIpc) is 3.40. The maximum atomic E-state index is 14.5. The minimum absolute atomic E-state index is 0.0167. The maximum absolute atomic E-state index is 14.5. The predicted octanol–water partition coefficient (Wildman–Crippen LogP) is 2.79. The number of benzene rings is 2. The van der Waals surface area contributed by atoms with Crippen LogP contribution in [0.3, 0.4) is 0 Å².